The molecule has 0 heterocycles. The van der Waals surface area contributed by atoms with Crippen LogP contribution in [0.25, 0.3) is 0 Å². The molecule has 20 heavy (non-hydrogen) atoms. The van der Waals surface area contributed by atoms with Crippen LogP contribution in [0.2, 0.25) is 0 Å². The van der Waals surface area contributed by atoms with E-state index in [4.69, 9.17) is 0 Å². The highest BCUT2D eigenvalue weighted by molar-refractivity contribution is 4.91. The summed E-state index contributed by atoms with van der Waals surface area (Å²) in [5.74, 6) is 7.77. The molecule has 0 heteroatoms. The molecule has 2 aliphatic rings. The Bertz CT molecular complexity index is 260. The van der Waals surface area contributed by atoms with Gasteiger partial charge < -0.3 is 0 Å². The summed E-state index contributed by atoms with van der Waals surface area (Å²) < 4.78 is 0. The Morgan fingerprint density at radius 1 is 0.600 bits per heavy atom. The van der Waals surface area contributed by atoms with E-state index in [2.05, 4.69) is 41.5 Å². The van der Waals surface area contributed by atoms with E-state index in [0.29, 0.717) is 0 Å². The van der Waals surface area contributed by atoms with Gasteiger partial charge in [0.15, 0.2) is 0 Å². The third-order valence-corrected chi connectivity index (χ3v) is 6.70. The van der Waals surface area contributed by atoms with Crippen LogP contribution in [0, 0.1) is 47.3 Å². The predicted octanol–water partition coefficient (Wildman–Crippen LogP) is 6.40. The van der Waals surface area contributed by atoms with Crippen LogP contribution in [0.5, 0.6) is 0 Å². The van der Waals surface area contributed by atoms with Gasteiger partial charge in [-0.15, -0.1) is 0 Å². The highest BCUT2D eigenvalue weighted by Crippen LogP contribution is 2.50. The van der Waals surface area contributed by atoms with Crippen molar-refractivity contribution in [2.45, 2.75) is 80.1 Å². The van der Waals surface area contributed by atoms with Crippen LogP contribution in [0.4, 0.5) is 0 Å². The van der Waals surface area contributed by atoms with Gasteiger partial charge in [0.05, 0.1) is 0 Å². The molecule has 0 bridgehead atoms. The van der Waals surface area contributed by atoms with Crippen molar-refractivity contribution in [2.24, 2.45) is 47.3 Å². The van der Waals surface area contributed by atoms with Crippen molar-refractivity contribution in [1.82, 2.24) is 0 Å². The summed E-state index contributed by atoms with van der Waals surface area (Å²) >= 11 is 0. The fraction of sp³-hybridized carbons (Fsp3) is 1.00. The van der Waals surface area contributed by atoms with Crippen LogP contribution >= 0.6 is 0 Å². The molecule has 2 aliphatic carbocycles. The molecule has 2 rings (SSSR count). The lowest BCUT2D eigenvalue weighted by Gasteiger charge is -2.48. The van der Waals surface area contributed by atoms with Crippen molar-refractivity contribution < 1.29 is 0 Å². The van der Waals surface area contributed by atoms with Gasteiger partial charge in [-0.05, 0) is 73.0 Å². The first-order chi connectivity index (χ1) is 9.40. The summed E-state index contributed by atoms with van der Waals surface area (Å²) in [5, 5.41) is 0. The second kappa shape index (κ2) is 6.84. The van der Waals surface area contributed by atoms with Crippen LogP contribution in [0.3, 0.4) is 0 Å². The molecule has 0 aromatic carbocycles. The number of hydrogen-bond donors (Lipinski definition) is 0. The molecule has 0 aliphatic heterocycles. The molecule has 0 spiro atoms. The first kappa shape index (κ1) is 16.4. The highest BCUT2D eigenvalue weighted by Gasteiger charge is 2.41. The molecular weight excluding hydrogens is 240 g/mol. The molecule has 0 nitrogen and oxygen atoms in total. The van der Waals surface area contributed by atoms with Gasteiger partial charge >= 0.3 is 0 Å². The first-order valence-corrected chi connectivity index (χ1v) is 9.40. The SMILES string of the molecule is CC1CCC(C(C)C)C(C2CC(C)CCC2C(C)C)C1. The average Bonchev–Trinajstić information content (AvgIpc) is 2.37. The Kier molecular flexibility index (Phi) is 5.60. The van der Waals surface area contributed by atoms with E-state index >= 15 is 0 Å². The maximum Gasteiger partial charge on any atom is -0.0350 e. The topological polar surface area (TPSA) is 0 Å². The van der Waals surface area contributed by atoms with Crippen LogP contribution in [-0.4, -0.2) is 0 Å². The van der Waals surface area contributed by atoms with E-state index < -0.39 is 0 Å². The van der Waals surface area contributed by atoms with E-state index in [1.54, 1.807) is 0 Å². The first-order valence-electron chi connectivity index (χ1n) is 9.40. The standard InChI is InChI=1S/C20H38/c1-13(2)17-9-7-15(5)11-19(17)20-12-16(6)8-10-18(20)14(3)4/h13-20H,7-12H2,1-6H3. The highest BCUT2D eigenvalue weighted by atomic mass is 14.5. The summed E-state index contributed by atoms with van der Waals surface area (Å²) in [4.78, 5) is 0. The van der Waals surface area contributed by atoms with Crippen molar-refractivity contribution in [3.63, 3.8) is 0 Å². The molecule has 0 aromatic rings. The normalized spacial score (nSPS) is 43.2. The summed E-state index contributed by atoms with van der Waals surface area (Å²) in [5.41, 5.74) is 0. The van der Waals surface area contributed by atoms with Crippen LogP contribution in [0.15, 0.2) is 0 Å². The Labute approximate surface area is 128 Å². The van der Waals surface area contributed by atoms with Crippen molar-refractivity contribution in [1.29, 1.82) is 0 Å². The lowest BCUT2D eigenvalue weighted by Crippen LogP contribution is -2.40. The molecule has 0 N–H and O–H groups in total. The van der Waals surface area contributed by atoms with E-state index in [-0.39, 0.29) is 0 Å². The largest absolute Gasteiger partial charge is 0.0625 e. The van der Waals surface area contributed by atoms with Crippen molar-refractivity contribution in [3.8, 4) is 0 Å². The quantitative estimate of drug-likeness (QED) is 0.560. The van der Waals surface area contributed by atoms with E-state index in [1.165, 1.54) is 38.5 Å². The summed E-state index contributed by atoms with van der Waals surface area (Å²) in [6.07, 6.45) is 8.99. The van der Waals surface area contributed by atoms with Crippen LogP contribution in [0.1, 0.15) is 80.1 Å². The van der Waals surface area contributed by atoms with Gasteiger partial charge in [0.2, 0.25) is 0 Å². The minimum Gasteiger partial charge on any atom is -0.0625 e. The zero-order chi connectivity index (χ0) is 14.9. The van der Waals surface area contributed by atoms with Gasteiger partial charge in [0, 0.05) is 0 Å². The third-order valence-electron chi connectivity index (χ3n) is 6.70. The molecule has 2 fully saturated rings. The summed E-state index contributed by atoms with van der Waals surface area (Å²) in [6.45, 7) is 14.9. The van der Waals surface area contributed by atoms with Gasteiger partial charge in [0.1, 0.15) is 0 Å². The van der Waals surface area contributed by atoms with Crippen LogP contribution in [-0.2, 0) is 0 Å². The molecule has 0 amide bonds. The number of hydrogen-bond acceptors (Lipinski definition) is 0. The zero-order valence-corrected chi connectivity index (χ0v) is 14.9. The second-order valence-electron chi connectivity index (χ2n) is 8.98. The average molecular weight is 279 g/mol. The van der Waals surface area contributed by atoms with Gasteiger partial charge in [-0.2, -0.15) is 0 Å². The van der Waals surface area contributed by atoms with Gasteiger partial charge in [-0.3, -0.25) is 0 Å². The third kappa shape index (κ3) is 3.60. The Morgan fingerprint density at radius 2 is 0.950 bits per heavy atom. The summed E-state index contributed by atoms with van der Waals surface area (Å²) in [6, 6.07) is 0. The number of rotatable bonds is 3. The van der Waals surface area contributed by atoms with Crippen molar-refractivity contribution in [2.75, 3.05) is 0 Å². The van der Waals surface area contributed by atoms with E-state index in [0.717, 1.165) is 47.3 Å². The molecular formula is C20H38. The monoisotopic (exact) mass is 278 g/mol. The lowest BCUT2D eigenvalue weighted by atomic mass is 9.57. The lowest BCUT2D eigenvalue weighted by molar-refractivity contribution is 0.0121. The fourth-order valence-electron chi connectivity index (χ4n) is 5.54. The van der Waals surface area contributed by atoms with E-state index in [9.17, 15) is 0 Å². The summed E-state index contributed by atoms with van der Waals surface area (Å²) in [7, 11) is 0. The van der Waals surface area contributed by atoms with Crippen molar-refractivity contribution in [3.05, 3.63) is 0 Å². The Hall–Kier alpha value is 0. The van der Waals surface area contributed by atoms with Gasteiger partial charge in [-0.25, -0.2) is 0 Å². The Balaban J connectivity index is 2.18. The minimum absolute atomic E-state index is 0.887. The van der Waals surface area contributed by atoms with Gasteiger partial charge in [-0.1, -0.05) is 54.4 Å². The maximum absolute atomic E-state index is 2.50. The molecule has 118 valence electrons. The zero-order valence-electron chi connectivity index (χ0n) is 14.9. The maximum atomic E-state index is 2.50. The smallest absolute Gasteiger partial charge is 0.0350 e. The van der Waals surface area contributed by atoms with E-state index in [1.807, 2.05) is 0 Å². The molecule has 0 radical (unpaired) electrons. The minimum atomic E-state index is 0.887. The van der Waals surface area contributed by atoms with Crippen LogP contribution < -0.4 is 0 Å². The molecule has 6 unspecified atom stereocenters. The predicted molar refractivity (Wildman–Crippen MR) is 89.7 cm³/mol. The fourth-order valence-corrected chi connectivity index (χ4v) is 5.54. The van der Waals surface area contributed by atoms with Crippen molar-refractivity contribution >= 4 is 0 Å². The molecule has 6 atom stereocenters. The molecule has 2 saturated carbocycles. The van der Waals surface area contributed by atoms with Gasteiger partial charge in [0.25, 0.3) is 0 Å². The Morgan fingerprint density at radius 3 is 1.25 bits per heavy atom. The second-order valence-corrected chi connectivity index (χ2v) is 8.98. The molecule has 0 aromatic heterocycles. The molecule has 0 saturated heterocycles.